The highest BCUT2D eigenvalue weighted by Crippen LogP contribution is 2.15. The summed E-state index contributed by atoms with van der Waals surface area (Å²) in [4.78, 5) is 21.6. The van der Waals surface area contributed by atoms with Gasteiger partial charge in [-0.2, -0.15) is 0 Å². The van der Waals surface area contributed by atoms with Gasteiger partial charge in [0, 0.05) is 20.0 Å². The summed E-state index contributed by atoms with van der Waals surface area (Å²) in [6.45, 7) is 1.32. The van der Waals surface area contributed by atoms with Crippen molar-refractivity contribution in [2.75, 3.05) is 7.05 Å². The van der Waals surface area contributed by atoms with Crippen molar-refractivity contribution in [2.45, 2.75) is 25.9 Å². The molecular weight excluding hydrogens is 280 g/mol. The van der Waals surface area contributed by atoms with Gasteiger partial charge in [0.2, 0.25) is 0 Å². The summed E-state index contributed by atoms with van der Waals surface area (Å²) in [7, 11) is 1.70. The number of amides is 1. The Hall–Kier alpha value is -2.02. The summed E-state index contributed by atoms with van der Waals surface area (Å²) < 4.78 is 2.07. The highest BCUT2D eigenvalue weighted by atomic mass is 35.5. The Kier molecular flexibility index (Phi) is 3.35. The number of aromatic nitrogens is 5. The van der Waals surface area contributed by atoms with E-state index in [2.05, 4.69) is 24.7 Å². The van der Waals surface area contributed by atoms with Gasteiger partial charge in [-0.05, 0) is 6.42 Å². The maximum absolute atomic E-state index is 12.2. The molecule has 3 heterocycles. The van der Waals surface area contributed by atoms with Gasteiger partial charge >= 0.3 is 0 Å². The zero-order chi connectivity index (χ0) is 14.1. The molecule has 1 amide bonds. The fraction of sp³-hybridized carbons (Fsp3) is 0.417. The van der Waals surface area contributed by atoms with Crippen LogP contribution >= 0.6 is 11.6 Å². The summed E-state index contributed by atoms with van der Waals surface area (Å²) in [6.07, 6.45) is 4.76. The molecular formula is C12H13ClN6O. The maximum Gasteiger partial charge on any atom is 0.274 e. The monoisotopic (exact) mass is 292 g/mol. The van der Waals surface area contributed by atoms with Gasteiger partial charge in [-0.15, -0.1) is 10.2 Å². The molecule has 0 N–H and O–H groups in total. The molecule has 0 saturated carbocycles. The second-order valence-electron chi connectivity index (χ2n) is 4.67. The van der Waals surface area contributed by atoms with E-state index in [0.717, 1.165) is 31.0 Å². The summed E-state index contributed by atoms with van der Waals surface area (Å²) in [5, 5.41) is 8.52. The minimum absolute atomic E-state index is 0.218. The summed E-state index contributed by atoms with van der Waals surface area (Å²) >= 11 is 5.65. The van der Waals surface area contributed by atoms with E-state index in [-0.39, 0.29) is 16.8 Å². The van der Waals surface area contributed by atoms with E-state index in [1.165, 1.54) is 12.4 Å². The van der Waals surface area contributed by atoms with Crippen LogP contribution in [-0.4, -0.2) is 42.6 Å². The molecule has 3 rings (SSSR count). The maximum atomic E-state index is 12.2. The average Bonchev–Trinajstić information content (AvgIpc) is 3.04. The molecule has 0 saturated heterocycles. The standard InChI is InChI=1S/C12H13ClN6O/c1-18(12(20)8-5-15-9(13)6-14-8)7-11-17-16-10-3-2-4-19(10)11/h5-6H,2-4,7H2,1H3. The Morgan fingerprint density at radius 3 is 3.00 bits per heavy atom. The van der Waals surface area contributed by atoms with Crippen molar-refractivity contribution in [3.8, 4) is 0 Å². The number of fused-ring (bicyclic) bond motifs is 1. The van der Waals surface area contributed by atoms with Gasteiger partial charge in [0.1, 0.15) is 16.7 Å². The zero-order valence-electron chi connectivity index (χ0n) is 11.0. The smallest absolute Gasteiger partial charge is 0.274 e. The van der Waals surface area contributed by atoms with Gasteiger partial charge in [0.25, 0.3) is 5.91 Å². The summed E-state index contributed by atoms with van der Waals surface area (Å²) in [5.41, 5.74) is 0.262. The van der Waals surface area contributed by atoms with Crippen molar-refractivity contribution in [1.29, 1.82) is 0 Å². The van der Waals surface area contributed by atoms with Crippen molar-refractivity contribution in [2.24, 2.45) is 0 Å². The third kappa shape index (κ3) is 2.36. The normalized spacial score (nSPS) is 13.3. The molecule has 20 heavy (non-hydrogen) atoms. The van der Waals surface area contributed by atoms with Crippen LogP contribution in [0, 0.1) is 0 Å². The number of aryl methyl sites for hydroxylation is 1. The van der Waals surface area contributed by atoms with E-state index < -0.39 is 0 Å². The lowest BCUT2D eigenvalue weighted by molar-refractivity contribution is 0.0773. The van der Waals surface area contributed by atoms with Crippen LogP contribution < -0.4 is 0 Å². The molecule has 1 aliphatic rings. The highest BCUT2D eigenvalue weighted by molar-refractivity contribution is 6.29. The van der Waals surface area contributed by atoms with Gasteiger partial charge in [-0.1, -0.05) is 11.6 Å². The van der Waals surface area contributed by atoms with E-state index in [1.807, 2.05) is 0 Å². The lowest BCUT2D eigenvalue weighted by atomic mass is 10.3. The second kappa shape index (κ2) is 5.16. The van der Waals surface area contributed by atoms with Crippen molar-refractivity contribution < 1.29 is 4.79 Å². The lowest BCUT2D eigenvalue weighted by Crippen LogP contribution is -2.28. The molecule has 2 aromatic heterocycles. The van der Waals surface area contributed by atoms with Gasteiger partial charge < -0.3 is 9.47 Å². The average molecular weight is 293 g/mol. The molecule has 2 aromatic rings. The predicted molar refractivity (Wildman–Crippen MR) is 71.2 cm³/mol. The van der Waals surface area contributed by atoms with Crippen LogP contribution in [0.1, 0.15) is 28.6 Å². The summed E-state index contributed by atoms with van der Waals surface area (Å²) in [5.74, 6) is 1.58. The largest absolute Gasteiger partial charge is 0.333 e. The Morgan fingerprint density at radius 2 is 2.25 bits per heavy atom. The van der Waals surface area contributed by atoms with E-state index >= 15 is 0 Å². The fourth-order valence-corrected chi connectivity index (χ4v) is 2.33. The number of carbonyl (C=O) groups is 1. The van der Waals surface area contributed by atoms with Gasteiger partial charge in [0.15, 0.2) is 5.82 Å². The number of carbonyl (C=O) groups excluding carboxylic acids is 1. The van der Waals surface area contributed by atoms with Crippen LogP contribution in [0.3, 0.4) is 0 Å². The van der Waals surface area contributed by atoms with Crippen molar-refractivity contribution >= 4 is 17.5 Å². The number of hydrogen-bond donors (Lipinski definition) is 0. The molecule has 0 atom stereocenters. The minimum Gasteiger partial charge on any atom is -0.333 e. The molecule has 0 bridgehead atoms. The van der Waals surface area contributed by atoms with E-state index in [0.29, 0.717) is 6.54 Å². The highest BCUT2D eigenvalue weighted by Gasteiger charge is 2.21. The molecule has 8 heteroatoms. The number of nitrogens with zero attached hydrogens (tertiary/aromatic N) is 6. The molecule has 0 aliphatic carbocycles. The minimum atomic E-state index is -0.218. The number of rotatable bonds is 3. The Morgan fingerprint density at radius 1 is 1.40 bits per heavy atom. The Balaban J connectivity index is 1.74. The van der Waals surface area contributed by atoms with Crippen LogP contribution in [0.15, 0.2) is 12.4 Å². The fourth-order valence-electron chi connectivity index (χ4n) is 2.23. The molecule has 1 aliphatic heterocycles. The first-order chi connectivity index (χ1) is 9.65. The molecule has 7 nitrogen and oxygen atoms in total. The molecule has 0 unspecified atom stereocenters. The van der Waals surface area contributed by atoms with Crippen molar-refractivity contribution in [3.63, 3.8) is 0 Å². The van der Waals surface area contributed by atoms with Crippen LogP contribution in [0.4, 0.5) is 0 Å². The van der Waals surface area contributed by atoms with Gasteiger partial charge in [-0.25, -0.2) is 9.97 Å². The second-order valence-corrected chi connectivity index (χ2v) is 5.06. The molecule has 0 spiro atoms. The Bertz CT molecular complexity index is 638. The van der Waals surface area contributed by atoms with Crippen LogP contribution in [0.25, 0.3) is 0 Å². The van der Waals surface area contributed by atoms with Crippen LogP contribution in [0.5, 0.6) is 0 Å². The van der Waals surface area contributed by atoms with Gasteiger partial charge in [-0.3, -0.25) is 4.79 Å². The quantitative estimate of drug-likeness (QED) is 0.841. The van der Waals surface area contributed by atoms with Crippen LogP contribution in [-0.2, 0) is 19.5 Å². The number of hydrogen-bond acceptors (Lipinski definition) is 5. The SMILES string of the molecule is CN(Cc1nnc2n1CCC2)C(=O)c1cnc(Cl)cn1. The topological polar surface area (TPSA) is 76.8 Å². The Labute approximate surface area is 120 Å². The molecule has 0 fully saturated rings. The van der Waals surface area contributed by atoms with E-state index in [1.54, 1.807) is 11.9 Å². The van der Waals surface area contributed by atoms with E-state index in [9.17, 15) is 4.79 Å². The van der Waals surface area contributed by atoms with Crippen molar-refractivity contribution in [3.05, 3.63) is 34.9 Å². The molecule has 0 aromatic carbocycles. The number of halogens is 1. The lowest BCUT2D eigenvalue weighted by Gasteiger charge is -2.16. The van der Waals surface area contributed by atoms with E-state index in [4.69, 9.17) is 11.6 Å². The first-order valence-corrected chi connectivity index (χ1v) is 6.67. The van der Waals surface area contributed by atoms with Crippen molar-refractivity contribution in [1.82, 2.24) is 29.6 Å². The first-order valence-electron chi connectivity index (χ1n) is 6.29. The summed E-state index contributed by atoms with van der Waals surface area (Å²) in [6, 6.07) is 0. The van der Waals surface area contributed by atoms with Gasteiger partial charge in [0.05, 0.1) is 18.9 Å². The third-order valence-electron chi connectivity index (χ3n) is 3.25. The van der Waals surface area contributed by atoms with Crippen LogP contribution in [0.2, 0.25) is 5.15 Å². The first kappa shape index (κ1) is 13.0. The molecule has 104 valence electrons. The third-order valence-corrected chi connectivity index (χ3v) is 3.45. The molecule has 0 radical (unpaired) electrons. The zero-order valence-corrected chi connectivity index (χ0v) is 11.7. The predicted octanol–water partition coefficient (Wildman–Crippen LogP) is 0.940.